The van der Waals surface area contributed by atoms with Crippen LogP contribution < -0.4 is 0 Å². The highest BCUT2D eigenvalue weighted by Crippen LogP contribution is 2.42. The molecule has 110 valence electrons. The lowest BCUT2D eigenvalue weighted by Gasteiger charge is -2.41. The van der Waals surface area contributed by atoms with Crippen LogP contribution in [0.2, 0.25) is 0 Å². The number of aliphatic hydroxyl groups excluding tert-OH is 1. The van der Waals surface area contributed by atoms with Crippen LogP contribution in [0.4, 0.5) is 0 Å². The molecule has 4 nitrogen and oxygen atoms in total. The Morgan fingerprint density at radius 2 is 2.16 bits per heavy atom. The molecule has 0 radical (unpaired) electrons. The molecule has 1 aliphatic rings. The summed E-state index contributed by atoms with van der Waals surface area (Å²) >= 11 is 0. The molecule has 1 saturated carbocycles. The van der Waals surface area contributed by atoms with Crippen molar-refractivity contribution in [3.63, 3.8) is 0 Å². The molecule has 0 aromatic heterocycles. The number of carbonyl (C=O) groups is 2. The Hall–Kier alpha value is -0.740. The normalized spacial score (nSPS) is 31.0. The van der Waals surface area contributed by atoms with Gasteiger partial charge in [-0.1, -0.05) is 6.92 Å². The monoisotopic (exact) mass is 270 g/mol. The molecule has 0 spiro atoms. The quantitative estimate of drug-likeness (QED) is 0.772. The first kappa shape index (κ1) is 16.3. The van der Waals surface area contributed by atoms with Crippen LogP contribution >= 0.6 is 0 Å². The Labute approximate surface area is 115 Å². The maximum Gasteiger partial charge on any atom is 0.139 e. The molecule has 0 amide bonds. The van der Waals surface area contributed by atoms with Gasteiger partial charge < -0.3 is 15.0 Å². The second-order valence-corrected chi connectivity index (χ2v) is 6.49. The van der Waals surface area contributed by atoms with E-state index in [1.54, 1.807) is 13.8 Å². The van der Waals surface area contributed by atoms with Crippen molar-refractivity contribution in [2.45, 2.75) is 64.9 Å². The highest BCUT2D eigenvalue weighted by Gasteiger charge is 2.43. The van der Waals surface area contributed by atoms with E-state index in [1.807, 2.05) is 6.92 Å². The molecule has 0 saturated heterocycles. The number of ketones is 2. The Kier molecular flexibility index (Phi) is 5.27. The summed E-state index contributed by atoms with van der Waals surface area (Å²) in [6, 6.07) is 0. The smallest absolute Gasteiger partial charge is 0.139 e. The number of rotatable bonds is 6. The highest BCUT2D eigenvalue weighted by atomic mass is 16.3. The molecule has 0 unspecified atom stereocenters. The maximum atomic E-state index is 12.3. The minimum absolute atomic E-state index is 0.154. The minimum Gasteiger partial charge on any atom is -0.393 e. The summed E-state index contributed by atoms with van der Waals surface area (Å²) in [6.07, 6.45) is 3.81. The molecule has 0 aromatic rings. The fraction of sp³-hybridized carbons (Fsp3) is 0.867. The van der Waals surface area contributed by atoms with Gasteiger partial charge in [-0.3, -0.25) is 4.79 Å². The van der Waals surface area contributed by atoms with Crippen LogP contribution in [0.1, 0.15) is 59.3 Å². The van der Waals surface area contributed by atoms with Crippen molar-refractivity contribution in [2.75, 3.05) is 6.61 Å². The summed E-state index contributed by atoms with van der Waals surface area (Å²) in [7, 11) is 0. The third-order valence-corrected chi connectivity index (χ3v) is 4.61. The summed E-state index contributed by atoms with van der Waals surface area (Å²) in [5.41, 5.74) is -1.53. The minimum atomic E-state index is -1.17. The summed E-state index contributed by atoms with van der Waals surface area (Å²) in [6.45, 7) is 4.80. The van der Waals surface area contributed by atoms with Crippen molar-refractivity contribution in [3.8, 4) is 0 Å². The van der Waals surface area contributed by atoms with Crippen LogP contribution in [-0.2, 0) is 9.59 Å². The van der Waals surface area contributed by atoms with Crippen molar-refractivity contribution in [1.29, 1.82) is 0 Å². The van der Waals surface area contributed by atoms with Gasteiger partial charge in [0.25, 0.3) is 0 Å². The van der Waals surface area contributed by atoms with E-state index in [1.165, 1.54) is 0 Å². The van der Waals surface area contributed by atoms with Gasteiger partial charge in [-0.15, -0.1) is 0 Å². The zero-order chi connectivity index (χ0) is 14.7. The van der Waals surface area contributed by atoms with Crippen LogP contribution in [0, 0.1) is 11.3 Å². The third kappa shape index (κ3) is 4.11. The van der Waals surface area contributed by atoms with Gasteiger partial charge in [-0.25, -0.2) is 0 Å². The van der Waals surface area contributed by atoms with Crippen LogP contribution in [0.3, 0.4) is 0 Å². The molecule has 0 aromatic carbocycles. The van der Waals surface area contributed by atoms with E-state index < -0.39 is 5.60 Å². The number of hydrogen-bond acceptors (Lipinski definition) is 4. The van der Waals surface area contributed by atoms with E-state index in [-0.39, 0.29) is 29.5 Å². The summed E-state index contributed by atoms with van der Waals surface area (Å²) in [5.74, 6) is 0.153. The van der Waals surface area contributed by atoms with Gasteiger partial charge >= 0.3 is 0 Å². The molecule has 1 fully saturated rings. The van der Waals surface area contributed by atoms with E-state index in [9.17, 15) is 14.7 Å². The fourth-order valence-corrected chi connectivity index (χ4v) is 2.86. The average molecular weight is 270 g/mol. The first-order valence-corrected chi connectivity index (χ1v) is 7.07. The zero-order valence-electron chi connectivity index (χ0n) is 12.2. The second kappa shape index (κ2) is 6.14. The second-order valence-electron chi connectivity index (χ2n) is 6.49. The summed E-state index contributed by atoms with van der Waals surface area (Å²) in [4.78, 5) is 23.2. The standard InChI is InChI=1S/C15H26O4/c1-11(17)5-4-7-14(2)8-6-12(9-13(14)18)15(3,19)10-16/h12,16,19H,4-10H2,1-3H3/t12-,14-,15-/m1/s1. The van der Waals surface area contributed by atoms with E-state index in [4.69, 9.17) is 5.11 Å². The molecule has 0 aliphatic heterocycles. The third-order valence-electron chi connectivity index (χ3n) is 4.61. The Morgan fingerprint density at radius 1 is 1.53 bits per heavy atom. The van der Waals surface area contributed by atoms with Crippen molar-refractivity contribution in [3.05, 3.63) is 0 Å². The van der Waals surface area contributed by atoms with E-state index in [0.29, 0.717) is 12.8 Å². The lowest BCUT2D eigenvalue weighted by molar-refractivity contribution is -0.139. The Balaban J connectivity index is 2.58. The summed E-state index contributed by atoms with van der Waals surface area (Å²) < 4.78 is 0. The molecule has 2 N–H and O–H groups in total. The fourth-order valence-electron chi connectivity index (χ4n) is 2.86. The maximum absolute atomic E-state index is 12.3. The predicted octanol–water partition coefficient (Wildman–Crippen LogP) is 1.86. The predicted molar refractivity (Wildman–Crippen MR) is 72.7 cm³/mol. The van der Waals surface area contributed by atoms with Crippen molar-refractivity contribution in [2.24, 2.45) is 11.3 Å². The van der Waals surface area contributed by atoms with Crippen LogP contribution in [0.15, 0.2) is 0 Å². The Bertz CT molecular complexity index is 348. The van der Waals surface area contributed by atoms with Crippen LogP contribution in [-0.4, -0.2) is 34.0 Å². The van der Waals surface area contributed by atoms with Gasteiger partial charge in [0.05, 0.1) is 12.2 Å². The van der Waals surface area contributed by atoms with Gasteiger partial charge in [0.1, 0.15) is 11.6 Å². The molecule has 1 rings (SSSR count). The van der Waals surface area contributed by atoms with E-state index >= 15 is 0 Å². The SMILES string of the molecule is CC(=O)CCC[C@]1(C)CC[C@@H]([C@](C)(O)CO)CC1=O. The van der Waals surface area contributed by atoms with Crippen molar-refractivity contribution >= 4 is 11.6 Å². The molecule has 1 aliphatic carbocycles. The van der Waals surface area contributed by atoms with Crippen LogP contribution in [0.5, 0.6) is 0 Å². The lowest BCUT2D eigenvalue weighted by Crippen LogP contribution is -2.45. The molecule has 3 atom stereocenters. The first-order valence-electron chi connectivity index (χ1n) is 7.07. The van der Waals surface area contributed by atoms with Gasteiger partial charge in [-0.2, -0.15) is 0 Å². The van der Waals surface area contributed by atoms with Gasteiger partial charge in [0.15, 0.2) is 0 Å². The van der Waals surface area contributed by atoms with Gasteiger partial charge in [0, 0.05) is 18.3 Å². The Morgan fingerprint density at radius 3 is 2.63 bits per heavy atom. The van der Waals surface area contributed by atoms with Crippen molar-refractivity contribution < 1.29 is 19.8 Å². The molecular formula is C15H26O4. The number of carbonyl (C=O) groups excluding carboxylic acids is 2. The van der Waals surface area contributed by atoms with E-state index in [0.717, 1.165) is 25.7 Å². The van der Waals surface area contributed by atoms with Gasteiger partial charge in [-0.05, 0) is 45.4 Å². The van der Waals surface area contributed by atoms with Crippen LogP contribution in [0.25, 0.3) is 0 Å². The van der Waals surface area contributed by atoms with Gasteiger partial charge in [0.2, 0.25) is 0 Å². The summed E-state index contributed by atoms with van der Waals surface area (Å²) in [5, 5.41) is 19.2. The topological polar surface area (TPSA) is 74.6 Å². The van der Waals surface area contributed by atoms with E-state index in [2.05, 4.69) is 0 Å². The first-order chi connectivity index (χ1) is 8.71. The molecule has 19 heavy (non-hydrogen) atoms. The number of hydrogen-bond donors (Lipinski definition) is 2. The van der Waals surface area contributed by atoms with Crippen molar-refractivity contribution in [1.82, 2.24) is 0 Å². The molecule has 0 bridgehead atoms. The average Bonchev–Trinajstić information content (AvgIpc) is 2.32. The number of Topliss-reactive ketones (excluding diaryl/α,β-unsaturated/α-hetero) is 2. The lowest BCUT2D eigenvalue weighted by atomic mass is 9.65. The molecule has 4 heteroatoms. The molecule has 0 heterocycles. The molecular weight excluding hydrogens is 244 g/mol. The highest BCUT2D eigenvalue weighted by molar-refractivity contribution is 5.85. The number of aliphatic hydroxyl groups is 2. The largest absolute Gasteiger partial charge is 0.393 e. The zero-order valence-corrected chi connectivity index (χ0v) is 12.2.